The van der Waals surface area contributed by atoms with Crippen LogP contribution in [0.15, 0.2) is 36.5 Å². The third kappa shape index (κ3) is 3.45. The highest BCUT2D eigenvalue weighted by Crippen LogP contribution is 2.25. The first-order valence-corrected chi connectivity index (χ1v) is 7.63. The van der Waals surface area contributed by atoms with E-state index in [1.54, 1.807) is 6.20 Å². The van der Waals surface area contributed by atoms with Crippen molar-refractivity contribution < 1.29 is 9.90 Å². The van der Waals surface area contributed by atoms with Crippen LogP contribution in [-0.4, -0.2) is 28.6 Å². The van der Waals surface area contributed by atoms with Gasteiger partial charge in [0.2, 0.25) is 0 Å². The zero-order valence-electron chi connectivity index (χ0n) is 13.6. The van der Waals surface area contributed by atoms with E-state index >= 15 is 0 Å². The fourth-order valence-electron chi connectivity index (χ4n) is 2.70. The molecule has 0 aliphatic rings. The lowest BCUT2D eigenvalue weighted by Gasteiger charge is -2.33. The maximum absolute atomic E-state index is 12.4. The summed E-state index contributed by atoms with van der Waals surface area (Å²) in [6.07, 6.45) is 1.17. The van der Waals surface area contributed by atoms with Crippen molar-refractivity contribution in [1.29, 1.82) is 0 Å². The molecule has 1 heterocycles. The molecule has 2 rings (SSSR count). The van der Waals surface area contributed by atoms with Crippen molar-refractivity contribution in [2.24, 2.45) is 11.3 Å². The maximum atomic E-state index is 12.4. The van der Waals surface area contributed by atoms with Crippen LogP contribution < -0.4 is 5.32 Å². The molecule has 0 aliphatic heterocycles. The van der Waals surface area contributed by atoms with E-state index in [0.717, 1.165) is 10.8 Å². The second-order valence-electron chi connectivity index (χ2n) is 6.74. The fourth-order valence-corrected chi connectivity index (χ4v) is 2.70. The summed E-state index contributed by atoms with van der Waals surface area (Å²) in [5, 5.41) is 15.0. The molecular formula is C18H24N2O2. The van der Waals surface area contributed by atoms with Crippen molar-refractivity contribution in [2.75, 3.05) is 6.54 Å². The topological polar surface area (TPSA) is 62.2 Å². The summed E-state index contributed by atoms with van der Waals surface area (Å²) < 4.78 is 0. The molecule has 0 saturated carbocycles. The first kappa shape index (κ1) is 16.4. The van der Waals surface area contributed by atoms with E-state index in [4.69, 9.17) is 0 Å². The highest BCUT2D eigenvalue weighted by atomic mass is 16.3. The molecule has 0 radical (unpaired) electrons. The van der Waals surface area contributed by atoms with E-state index in [0.29, 0.717) is 12.2 Å². The van der Waals surface area contributed by atoms with Crippen molar-refractivity contribution in [3.8, 4) is 0 Å². The molecule has 1 atom stereocenters. The third-order valence-electron chi connectivity index (χ3n) is 4.03. The number of hydrogen-bond acceptors (Lipinski definition) is 3. The SMILES string of the molecule is CC(C)C(O)C(C)(C)CNC(=O)c1nccc2ccccc12. The Bertz CT molecular complexity index is 660. The predicted molar refractivity (Wildman–Crippen MR) is 88.7 cm³/mol. The van der Waals surface area contributed by atoms with Gasteiger partial charge < -0.3 is 10.4 Å². The smallest absolute Gasteiger partial charge is 0.270 e. The van der Waals surface area contributed by atoms with E-state index in [9.17, 15) is 9.90 Å². The summed E-state index contributed by atoms with van der Waals surface area (Å²) >= 11 is 0. The lowest BCUT2D eigenvalue weighted by molar-refractivity contribution is 0.0138. The Labute approximate surface area is 131 Å². The van der Waals surface area contributed by atoms with Gasteiger partial charge in [-0.15, -0.1) is 0 Å². The molecule has 4 nitrogen and oxygen atoms in total. The van der Waals surface area contributed by atoms with E-state index in [1.807, 2.05) is 58.0 Å². The van der Waals surface area contributed by atoms with Crippen LogP contribution in [0.3, 0.4) is 0 Å². The number of pyridine rings is 1. The van der Waals surface area contributed by atoms with Crippen LogP contribution in [0, 0.1) is 11.3 Å². The van der Waals surface area contributed by atoms with Gasteiger partial charge >= 0.3 is 0 Å². The van der Waals surface area contributed by atoms with Gasteiger partial charge in [0, 0.05) is 23.5 Å². The summed E-state index contributed by atoms with van der Waals surface area (Å²) in [6, 6.07) is 9.57. The number of aromatic nitrogens is 1. The Hall–Kier alpha value is -1.94. The molecule has 4 heteroatoms. The second kappa shape index (κ2) is 6.44. The normalized spacial score (nSPS) is 13.4. The van der Waals surface area contributed by atoms with E-state index in [1.165, 1.54) is 0 Å². The van der Waals surface area contributed by atoms with Crippen LogP contribution in [0.1, 0.15) is 38.2 Å². The summed E-state index contributed by atoms with van der Waals surface area (Å²) in [4.78, 5) is 16.7. The molecule has 2 aromatic rings. The van der Waals surface area contributed by atoms with Gasteiger partial charge in [0.1, 0.15) is 5.69 Å². The number of carbonyl (C=O) groups excluding carboxylic acids is 1. The first-order valence-electron chi connectivity index (χ1n) is 7.63. The average Bonchev–Trinajstić information content (AvgIpc) is 2.51. The Morgan fingerprint density at radius 3 is 2.64 bits per heavy atom. The number of aliphatic hydroxyl groups excluding tert-OH is 1. The number of aliphatic hydroxyl groups is 1. The van der Waals surface area contributed by atoms with E-state index < -0.39 is 11.5 Å². The van der Waals surface area contributed by atoms with Crippen LogP contribution in [0.2, 0.25) is 0 Å². The minimum Gasteiger partial charge on any atom is -0.392 e. The zero-order valence-corrected chi connectivity index (χ0v) is 13.6. The van der Waals surface area contributed by atoms with Gasteiger partial charge in [0.15, 0.2) is 0 Å². The highest BCUT2D eigenvalue weighted by Gasteiger charge is 2.30. The zero-order chi connectivity index (χ0) is 16.3. The molecular weight excluding hydrogens is 276 g/mol. The summed E-state index contributed by atoms with van der Waals surface area (Å²) in [7, 11) is 0. The van der Waals surface area contributed by atoms with Gasteiger partial charge in [-0.3, -0.25) is 9.78 Å². The summed E-state index contributed by atoms with van der Waals surface area (Å²) in [5.74, 6) is -0.0663. The number of nitrogens with zero attached hydrogens (tertiary/aromatic N) is 1. The van der Waals surface area contributed by atoms with Crippen molar-refractivity contribution in [3.63, 3.8) is 0 Å². The minimum absolute atomic E-state index is 0.141. The number of fused-ring (bicyclic) bond motifs is 1. The number of rotatable bonds is 5. The van der Waals surface area contributed by atoms with Crippen molar-refractivity contribution >= 4 is 16.7 Å². The van der Waals surface area contributed by atoms with E-state index in [2.05, 4.69) is 10.3 Å². The Morgan fingerprint density at radius 2 is 1.95 bits per heavy atom. The lowest BCUT2D eigenvalue weighted by Crippen LogP contribution is -2.43. The number of benzene rings is 1. The first-order chi connectivity index (χ1) is 10.3. The molecule has 0 saturated heterocycles. The molecule has 118 valence electrons. The van der Waals surface area contributed by atoms with Crippen LogP contribution in [0.25, 0.3) is 10.8 Å². The fraction of sp³-hybridized carbons (Fsp3) is 0.444. The number of nitrogens with one attached hydrogen (secondary N) is 1. The largest absolute Gasteiger partial charge is 0.392 e. The van der Waals surface area contributed by atoms with Gasteiger partial charge in [-0.25, -0.2) is 0 Å². The molecule has 0 bridgehead atoms. The molecule has 1 aromatic carbocycles. The molecule has 0 spiro atoms. The van der Waals surface area contributed by atoms with Gasteiger partial charge in [0.05, 0.1) is 6.10 Å². The van der Waals surface area contributed by atoms with Crippen LogP contribution >= 0.6 is 0 Å². The monoisotopic (exact) mass is 300 g/mol. The molecule has 1 aromatic heterocycles. The van der Waals surface area contributed by atoms with Gasteiger partial charge in [-0.1, -0.05) is 52.0 Å². The Morgan fingerprint density at radius 1 is 1.27 bits per heavy atom. The van der Waals surface area contributed by atoms with E-state index in [-0.39, 0.29) is 11.8 Å². The summed E-state index contributed by atoms with van der Waals surface area (Å²) in [5.41, 5.74) is 0.0296. The van der Waals surface area contributed by atoms with Crippen molar-refractivity contribution in [2.45, 2.75) is 33.8 Å². The number of amides is 1. The van der Waals surface area contributed by atoms with Crippen LogP contribution in [0.5, 0.6) is 0 Å². The molecule has 0 fully saturated rings. The minimum atomic E-state index is -0.478. The maximum Gasteiger partial charge on any atom is 0.270 e. The van der Waals surface area contributed by atoms with Crippen molar-refractivity contribution in [1.82, 2.24) is 10.3 Å². The highest BCUT2D eigenvalue weighted by molar-refractivity contribution is 6.05. The average molecular weight is 300 g/mol. The Balaban J connectivity index is 2.15. The predicted octanol–water partition coefficient (Wildman–Crippen LogP) is 3.01. The van der Waals surface area contributed by atoms with Crippen LogP contribution in [-0.2, 0) is 0 Å². The molecule has 22 heavy (non-hydrogen) atoms. The number of hydrogen-bond donors (Lipinski definition) is 2. The molecule has 1 unspecified atom stereocenters. The standard InChI is InChI=1S/C18H24N2O2/c1-12(2)16(21)18(3,4)11-20-17(22)15-14-8-6-5-7-13(14)9-10-19-15/h5-10,12,16,21H,11H2,1-4H3,(H,20,22). The molecule has 1 amide bonds. The van der Waals surface area contributed by atoms with Crippen LogP contribution in [0.4, 0.5) is 0 Å². The van der Waals surface area contributed by atoms with Gasteiger partial charge in [-0.05, 0) is 17.4 Å². The second-order valence-corrected chi connectivity index (χ2v) is 6.74. The molecule has 2 N–H and O–H groups in total. The van der Waals surface area contributed by atoms with Gasteiger partial charge in [0.25, 0.3) is 5.91 Å². The Kier molecular flexibility index (Phi) is 4.81. The van der Waals surface area contributed by atoms with Gasteiger partial charge in [-0.2, -0.15) is 0 Å². The third-order valence-corrected chi connectivity index (χ3v) is 4.03. The quantitative estimate of drug-likeness (QED) is 0.892. The van der Waals surface area contributed by atoms with Crippen molar-refractivity contribution in [3.05, 3.63) is 42.2 Å². The molecule has 0 aliphatic carbocycles. The number of carbonyl (C=O) groups is 1. The summed E-state index contributed by atoms with van der Waals surface area (Å²) in [6.45, 7) is 8.25. The lowest BCUT2D eigenvalue weighted by atomic mass is 9.80.